The van der Waals surface area contributed by atoms with E-state index in [0.717, 1.165) is 93.7 Å². The molecule has 0 unspecified atom stereocenters. The van der Waals surface area contributed by atoms with Gasteiger partial charge in [0.2, 0.25) is 0 Å². The third-order valence-corrected chi connectivity index (χ3v) is 13.6. The minimum Gasteiger partial charge on any atom is -0.307 e. The number of hydrogen-bond acceptors (Lipinski definition) is 3. The predicted molar refractivity (Wildman–Crippen MR) is 288 cm³/mol. The highest BCUT2D eigenvalue weighted by molar-refractivity contribution is 6.14. The molecule has 0 aliphatic carbocycles. The van der Waals surface area contributed by atoms with Crippen LogP contribution in [0.15, 0.2) is 207 Å². The summed E-state index contributed by atoms with van der Waals surface area (Å²) >= 11 is 0. The maximum atomic E-state index is 11.0. The molecule has 0 spiro atoms. The summed E-state index contributed by atoms with van der Waals surface area (Å²) in [6.07, 6.45) is 3.70. The second-order valence-electron chi connectivity index (χ2n) is 17.4. The number of nitriles is 2. The zero-order valence-electron chi connectivity index (χ0n) is 38.2. The summed E-state index contributed by atoms with van der Waals surface area (Å²) in [5.74, 6) is 0. The van der Waals surface area contributed by atoms with Crippen LogP contribution in [0, 0.1) is 42.4 Å². The number of nitrogens with zero attached hydrogens (tertiary/aromatic N) is 8. The molecule has 0 radical (unpaired) electrons. The lowest BCUT2D eigenvalue weighted by Gasteiger charge is -2.21. The molecule has 0 saturated carbocycles. The van der Waals surface area contributed by atoms with Gasteiger partial charge >= 0.3 is 0 Å². The first-order chi connectivity index (χ1) is 35.5. The van der Waals surface area contributed by atoms with Gasteiger partial charge in [0.1, 0.15) is 0 Å². The van der Waals surface area contributed by atoms with E-state index in [9.17, 15) is 10.5 Å². The van der Waals surface area contributed by atoms with Gasteiger partial charge in [-0.15, -0.1) is 0 Å². The smallest absolute Gasteiger partial charge is 0.194 e. The Morgan fingerprint density at radius 3 is 1.03 bits per heavy atom. The zero-order valence-corrected chi connectivity index (χ0v) is 38.2. The van der Waals surface area contributed by atoms with Gasteiger partial charge in [0.25, 0.3) is 0 Å². The topological polar surface area (TPSA) is 83.4 Å². The van der Waals surface area contributed by atoms with Crippen molar-refractivity contribution in [2.45, 2.75) is 0 Å². The van der Waals surface area contributed by atoms with Crippen molar-refractivity contribution >= 4 is 60.7 Å². The number of pyridine rings is 1. The molecule has 9 aromatic carbocycles. The van der Waals surface area contributed by atoms with Crippen LogP contribution in [0.3, 0.4) is 0 Å². The average molecular weight is 915 g/mol. The van der Waals surface area contributed by atoms with Crippen LogP contribution >= 0.6 is 0 Å². The maximum absolute atomic E-state index is 11.0. The van der Waals surface area contributed by atoms with Crippen molar-refractivity contribution in [3.8, 4) is 79.1 Å². The van der Waals surface area contributed by atoms with Crippen molar-refractivity contribution in [3.63, 3.8) is 0 Å². The second kappa shape index (κ2) is 17.4. The van der Waals surface area contributed by atoms with Crippen LogP contribution in [0.1, 0.15) is 11.1 Å². The van der Waals surface area contributed by atoms with Gasteiger partial charge in [-0.25, -0.2) is 14.5 Å². The van der Waals surface area contributed by atoms with Gasteiger partial charge in [-0.1, -0.05) is 158 Å². The molecule has 0 atom stereocenters. The Kier molecular flexibility index (Phi) is 10.3. The lowest BCUT2D eigenvalue weighted by molar-refractivity contribution is 1.09. The summed E-state index contributed by atoms with van der Waals surface area (Å²) in [4.78, 5) is 16.8. The number of fused-ring (bicyclic) bond motifs is 6. The van der Waals surface area contributed by atoms with Crippen molar-refractivity contribution in [2.24, 2.45) is 0 Å². The van der Waals surface area contributed by atoms with E-state index in [0.29, 0.717) is 45.1 Å². The number of benzene rings is 9. The Morgan fingerprint density at radius 1 is 0.361 bits per heavy atom. The van der Waals surface area contributed by atoms with E-state index in [1.165, 1.54) is 0 Å². The van der Waals surface area contributed by atoms with Crippen LogP contribution in [0.25, 0.3) is 125 Å². The Hall–Kier alpha value is -10.8. The van der Waals surface area contributed by atoms with E-state index >= 15 is 0 Å². The number of hydrogen-bond donors (Lipinski definition) is 0. The predicted octanol–water partition coefficient (Wildman–Crippen LogP) is 17.0. The molecule has 0 amide bonds. The molecule has 12 rings (SSSR count). The van der Waals surface area contributed by atoms with Crippen molar-refractivity contribution in [3.05, 3.63) is 252 Å². The quantitative estimate of drug-likeness (QED) is 0.149. The molecule has 0 fully saturated rings. The van der Waals surface area contributed by atoms with Crippen molar-refractivity contribution in [2.75, 3.05) is 0 Å². The van der Waals surface area contributed by atoms with Crippen LogP contribution in [0.5, 0.6) is 0 Å². The van der Waals surface area contributed by atoms with E-state index in [1.54, 1.807) is 0 Å². The van der Waals surface area contributed by atoms with Gasteiger partial charge in [-0.2, -0.15) is 10.5 Å². The van der Waals surface area contributed by atoms with E-state index in [4.69, 9.17) is 24.7 Å². The van der Waals surface area contributed by atoms with Crippen LogP contribution < -0.4 is 0 Å². The van der Waals surface area contributed by atoms with Gasteiger partial charge < -0.3 is 9.13 Å². The third kappa shape index (κ3) is 6.76. The summed E-state index contributed by atoms with van der Waals surface area (Å²) in [6, 6.07) is 68.0. The summed E-state index contributed by atoms with van der Waals surface area (Å²) in [5, 5.41) is 25.1. The summed E-state index contributed by atoms with van der Waals surface area (Å²) in [6.45, 7) is 24.2. The van der Waals surface area contributed by atoms with Crippen LogP contribution in [0.2, 0.25) is 0 Å². The van der Waals surface area contributed by atoms with E-state index in [1.807, 2.05) is 134 Å². The lowest BCUT2D eigenvalue weighted by Crippen LogP contribution is -2.06. The van der Waals surface area contributed by atoms with Gasteiger partial charge in [-0.3, -0.25) is 4.98 Å². The highest BCUT2D eigenvalue weighted by Gasteiger charge is 2.26. The molecule has 330 valence electrons. The van der Waals surface area contributed by atoms with Crippen molar-refractivity contribution in [1.29, 1.82) is 10.5 Å². The molecule has 0 saturated heterocycles. The molecule has 3 aromatic heterocycles. The normalized spacial score (nSPS) is 11.0. The first-order valence-electron chi connectivity index (χ1n) is 23.1. The fourth-order valence-electron chi connectivity index (χ4n) is 10.4. The van der Waals surface area contributed by atoms with E-state index in [-0.39, 0.29) is 0 Å². The van der Waals surface area contributed by atoms with Gasteiger partial charge in [-0.05, 0) is 80.9 Å². The molecule has 0 bridgehead atoms. The summed E-state index contributed by atoms with van der Waals surface area (Å²) in [7, 11) is 0. The SMILES string of the molecule is [C-]#[N+]c1ccccc1-c1ccc2c3ccc(-c4ccccc4C#N)cc3n(-c3cncc(-n4c5cc(-c6ccccc6[N+]#[C-])ccc5c5ccc(-c6ccccc6[N+]#[C-])cc54)c3-c3ccccc3C#N)c2c1. The fourth-order valence-corrected chi connectivity index (χ4v) is 10.4. The second-order valence-corrected chi connectivity index (χ2v) is 17.4. The van der Waals surface area contributed by atoms with E-state index < -0.39 is 0 Å². The number of aromatic nitrogens is 3. The minimum atomic E-state index is 0.460. The molecule has 0 aliphatic heterocycles. The fraction of sp³-hybridized carbons (Fsp3) is 0. The molecule has 8 heteroatoms. The Bertz CT molecular complexity index is 3990. The minimum absolute atomic E-state index is 0.460. The number of rotatable bonds is 7. The third-order valence-electron chi connectivity index (χ3n) is 13.6. The lowest BCUT2D eigenvalue weighted by atomic mass is 9.97. The van der Waals surface area contributed by atoms with Gasteiger partial charge in [0.15, 0.2) is 17.1 Å². The standard InChI is InChI=1S/C64H34N8/c1-67-55-21-11-8-17-47(55)41-25-29-52-51-28-24-40(46-16-6-4-14-44(46)36-65)32-58(51)71(59(52)33-41)62-38-70-39-63(64(62)50-20-7-5-15-45(50)37-66)72-60-34-42(48-18-9-12-22-56(48)68-2)26-30-53(60)54-31-27-43(35-61(54)72)49-19-10-13-23-57(49)69-3/h4-35,38-39H. The summed E-state index contributed by atoms with van der Waals surface area (Å²) in [5.41, 5.74) is 15.4. The van der Waals surface area contributed by atoms with Crippen LogP contribution in [0.4, 0.5) is 17.1 Å². The first kappa shape index (κ1) is 42.5. The number of para-hydroxylation sites is 3. The summed E-state index contributed by atoms with van der Waals surface area (Å²) < 4.78 is 4.41. The molecule has 3 heterocycles. The average Bonchev–Trinajstić information content (AvgIpc) is 3.95. The Labute approximate surface area is 414 Å². The molecule has 72 heavy (non-hydrogen) atoms. The molecular weight excluding hydrogens is 881 g/mol. The molecule has 0 N–H and O–H groups in total. The highest BCUT2D eigenvalue weighted by Crippen LogP contribution is 2.46. The zero-order chi connectivity index (χ0) is 48.9. The Morgan fingerprint density at radius 2 is 0.667 bits per heavy atom. The molecule has 0 aliphatic rings. The van der Waals surface area contributed by atoms with Crippen molar-refractivity contribution in [1.82, 2.24) is 14.1 Å². The molecular formula is C64H34N8. The van der Waals surface area contributed by atoms with Crippen LogP contribution in [-0.4, -0.2) is 14.1 Å². The highest BCUT2D eigenvalue weighted by atomic mass is 15.0. The maximum Gasteiger partial charge on any atom is 0.194 e. The monoisotopic (exact) mass is 914 g/mol. The van der Waals surface area contributed by atoms with Gasteiger partial charge in [0, 0.05) is 32.7 Å². The van der Waals surface area contributed by atoms with Crippen molar-refractivity contribution < 1.29 is 0 Å². The largest absolute Gasteiger partial charge is 0.307 e. The first-order valence-corrected chi connectivity index (χ1v) is 23.1. The molecule has 8 nitrogen and oxygen atoms in total. The Balaban J connectivity index is 1.25. The van der Waals surface area contributed by atoms with E-state index in [2.05, 4.69) is 109 Å². The molecule has 12 aromatic rings. The van der Waals surface area contributed by atoms with Gasteiger partial charge in [0.05, 0.1) is 88.8 Å². The van der Waals surface area contributed by atoms with Crippen LogP contribution in [-0.2, 0) is 0 Å².